The van der Waals surface area contributed by atoms with Crippen LogP contribution in [0.4, 0.5) is 0 Å². The molecule has 1 aliphatic heterocycles. The van der Waals surface area contributed by atoms with Gasteiger partial charge in [-0.2, -0.15) is 0 Å². The van der Waals surface area contributed by atoms with Crippen molar-refractivity contribution in [3.63, 3.8) is 0 Å². The number of amides is 1. The maximum Gasteiger partial charge on any atom is 0.262 e. The Kier molecular flexibility index (Phi) is 5.80. The van der Waals surface area contributed by atoms with E-state index in [9.17, 15) is 9.59 Å². The first-order chi connectivity index (χ1) is 14.0. The number of fused-ring (bicyclic) bond motifs is 1. The van der Waals surface area contributed by atoms with Gasteiger partial charge in [0.15, 0.2) is 4.77 Å². The van der Waals surface area contributed by atoms with E-state index in [4.69, 9.17) is 28.6 Å². The number of benzene rings is 2. The van der Waals surface area contributed by atoms with Gasteiger partial charge in [0.05, 0.1) is 23.6 Å². The molecule has 4 rings (SSSR count). The Hall–Kier alpha value is -2.48. The third-order valence-corrected chi connectivity index (χ3v) is 5.59. The number of nitrogens with zero attached hydrogens (tertiary/aromatic N) is 1. The third-order valence-electron chi connectivity index (χ3n) is 5.01. The van der Waals surface area contributed by atoms with Crippen molar-refractivity contribution >= 4 is 40.6 Å². The van der Waals surface area contributed by atoms with Crippen molar-refractivity contribution in [2.75, 3.05) is 13.2 Å². The molecule has 3 aromatic rings. The number of halogens is 1. The Morgan fingerprint density at radius 3 is 2.79 bits per heavy atom. The number of H-pyrrole nitrogens is 1. The number of hydrogen-bond acceptors (Lipinski definition) is 4. The van der Waals surface area contributed by atoms with Gasteiger partial charge in [-0.25, -0.2) is 0 Å². The van der Waals surface area contributed by atoms with E-state index in [-0.39, 0.29) is 17.6 Å². The van der Waals surface area contributed by atoms with Gasteiger partial charge in [0.2, 0.25) is 0 Å². The van der Waals surface area contributed by atoms with Crippen LogP contribution < -0.4 is 10.9 Å². The predicted octanol–water partition coefficient (Wildman–Crippen LogP) is 3.67. The van der Waals surface area contributed by atoms with Crippen LogP contribution in [0, 0.1) is 4.77 Å². The Labute approximate surface area is 177 Å². The molecule has 1 atom stereocenters. The van der Waals surface area contributed by atoms with Crippen molar-refractivity contribution < 1.29 is 9.53 Å². The quantitative estimate of drug-likeness (QED) is 0.607. The molecule has 8 heteroatoms. The number of aromatic amines is 1. The molecular formula is C21H20ClN3O3S. The van der Waals surface area contributed by atoms with Crippen LogP contribution in [0.15, 0.2) is 47.3 Å². The van der Waals surface area contributed by atoms with Gasteiger partial charge in [0.1, 0.15) is 0 Å². The number of aromatic nitrogens is 2. The number of ether oxygens (including phenoxy) is 1. The van der Waals surface area contributed by atoms with Crippen molar-refractivity contribution in [1.82, 2.24) is 14.9 Å². The van der Waals surface area contributed by atoms with Gasteiger partial charge in [0.25, 0.3) is 11.5 Å². The van der Waals surface area contributed by atoms with E-state index >= 15 is 0 Å². The van der Waals surface area contributed by atoms with Crippen LogP contribution >= 0.6 is 23.8 Å². The lowest BCUT2D eigenvalue weighted by Gasteiger charge is -2.12. The zero-order valence-corrected chi connectivity index (χ0v) is 17.2. The summed E-state index contributed by atoms with van der Waals surface area (Å²) in [5.74, 6) is -0.202. The number of carbonyl (C=O) groups excluding carboxylic acids is 1. The molecule has 6 nitrogen and oxygen atoms in total. The van der Waals surface area contributed by atoms with Crippen molar-refractivity contribution in [1.29, 1.82) is 0 Å². The van der Waals surface area contributed by atoms with Gasteiger partial charge in [-0.05, 0) is 61.0 Å². The van der Waals surface area contributed by atoms with Crippen LogP contribution in [0.5, 0.6) is 0 Å². The summed E-state index contributed by atoms with van der Waals surface area (Å²) in [6.07, 6.45) is 2.05. The van der Waals surface area contributed by atoms with E-state index in [1.54, 1.807) is 30.3 Å². The van der Waals surface area contributed by atoms with Crippen molar-refractivity contribution in [2.45, 2.75) is 25.5 Å². The molecule has 2 heterocycles. The molecule has 1 aromatic heterocycles. The van der Waals surface area contributed by atoms with Crippen molar-refractivity contribution in [2.24, 2.45) is 0 Å². The van der Waals surface area contributed by atoms with Gasteiger partial charge >= 0.3 is 0 Å². The Bertz CT molecular complexity index is 1160. The smallest absolute Gasteiger partial charge is 0.262 e. The maximum atomic E-state index is 12.9. The van der Waals surface area contributed by atoms with Crippen LogP contribution in [0.2, 0.25) is 5.02 Å². The molecule has 1 aliphatic rings. The maximum absolute atomic E-state index is 12.9. The summed E-state index contributed by atoms with van der Waals surface area (Å²) in [6.45, 7) is 1.57. The summed E-state index contributed by atoms with van der Waals surface area (Å²) in [7, 11) is 0. The highest BCUT2D eigenvalue weighted by Gasteiger charge is 2.17. The second-order valence-electron chi connectivity index (χ2n) is 7.05. The molecule has 2 N–H and O–H groups in total. The highest BCUT2D eigenvalue weighted by molar-refractivity contribution is 7.71. The van der Waals surface area contributed by atoms with Crippen LogP contribution in [0.1, 0.15) is 28.8 Å². The van der Waals surface area contributed by atoms with Gasteiger partial charge in [-0.3, -0.25) is 14.2 Å². The van der Waals surface area contributed by atoms with E-state index in [0.717, 1.165) is 25.0 Å². The van der Waals surface area contributed by atoms with E-state index in [1.807, 2.05) is 12.1 Å². The molecule has 1 amide bonds. The zero-order valence-electron chi connectivity index (χ0n) is 15.6. The van der Waals surface area contributed by atoms with Crippen LogP contribution in [0.25, 0.3) is 10.9 Å². The summed E-state index contributed by atoms with van der Waals surface area (Å²) in [6, 6.07) is 12.2. The molecule has 1 fully saturated rings. The standard InChI is InChI=1S/C21H20ClN3O3S/c22-15-6-3-13(4-7-15)12-25-20(27)17-8-5-14(10-18(17)24-21(25)29)19(26)23-11-16-2-1-9-28-16/h3-8,10,16H,1-2,9,11-12H2,(H,23,26)(H,24,29)/t16-/m1/s1. The number of nitrogens with one attached hydrogen (secondary N) is 2. The average Bonchev–Trinajstić information content (AvgIpc) is 3.24. The Morgan fingerprint density at radius 2 is 2.07 bits per heavy atom. The highest BCUT2D eigenvalue weighted by atomic mass is 35.5. The fraction of sp³-hybridized carbons (Fsp3) is 0.286. The average molecular weight is 430 g/mol. The van der Waals surface area contributed by atoms with Crippen LogP contribution in [-0.4, -0.2) is 34.7 Å². The monoisotopic (exact) mass is 429 g/mol. The second-order valence-corrected chi connectivity index (χ2v) is 7.88. The minimum Gasteiger partial charge on any atom is -0.376 e. The minimum absolute atomic E-state index is 0.0743. The minimum atomic E-state index is -0.204. The predicted molar refractivity (Wildman–Crippen MR) is 115 cm³/mol. The fourth-order valence-electron chi connectivity index (χ4n) is 3.43. The molecule has 0 radical (unpaired) electrons. The first-order valence-corrected chi connectivity index (χ1v) is 10.2. The molecule has 0 aliphatic carbocycles. The number of hydrogen-bond donors (Lipinski definition) is 2. The summed E-state index contributed by atoms with van der Waals surface area (Å²) < 4.78 is 7.32. The Morgan fingerprint density at radius 1 is 1.28 bits per heavy atom. The van der Waals surface area contributed by atoms with E-state index in [2.05, 4.69) is 10.3 Å². The van der Waals surface area contributed by atoms with Crippen molar-refractivity contribution in [3.8, 4) is 0 Å². The lowest BCUT2D eigenvalue weighted by molar-refractivity contribution is 0.0858. The molecular weight excluding hydrogens is 410 g/mol. The SMILES string of the molecule is O=C(NC[C@H]1CCCO1)c1ccc2c(=O)n(Cc3ccc(Cl)cc3)c(=S)[nH]c2c1. The number of carbonyl (C=O) groups is 1. The summed E-state index contributed by atoms with van der Waals surface area (Å²) in [5, 5.41) is 3.99. The summed E-state index contributed by atoms with van der Waals surface area (Å²) in [4.78, 5) is 28.5. The van der Waals surface area contributed by atoms with E-state index < -0.39 is 0 Å². The van der Waals surface area contributed by atoms with Gasteiger partial charge < -0.3 is 15.0 Å². The molecule has 29 heavy (non-hydrogen) atoms. The van der Waals surface area contributed by atoms with Crippen LogP contribution in [-0.2, 0) is 11.3 Å². The Balaban J connectivity index is 1.59. The lowest BCUT2D eigenvalue weighted by Crippen LogP contribution is -2.31. The third kappa shape index (κ3) is 4.42. The number of rotatable bonds is 5. The van der Waals surface area contributed by atoms with Crippen LogP contribution in [0.3, 0.4) is 0 Å². The van der Waals surface area contributed by atoms with E-state index in [0.29, 0.717) is 39.3 Å². The van der Waals surface area contributed by atoms with Gasteiger partial charge in [-0.1, -0.05) is 23.7 Å². The van der Waals surface area contributed by atoms with E-state index in [1.165, 1.54) is 4.57 Å². The molecule has 0 unspecified atom stereocenters. The molecule has 150 valence electrons. The first kappa shape index (κ1) is 19.8. The largest absolute Gasteiger partial charge is 0.376 e. The molecule has 0 saturated carbocycles. The van der Waals surface area contributed by atoms with Gasteiger partial charge in [-0.15, -0.1) is 0 Å². The molecule has 0 spiro atoms. The normalized spacial score (nSPS) is 16.2. The molecule has 1 saturated heterocycles. The van der Waals surface area contributed by atoms with Crippen molar-refractivity contribution in [3.05, 3.63) is 73.7 Å². The molecule has 2 aromatic carbocycles. The highest BCUT2D eigenvalue weighted by Crippen LogP contribution is 2.14. The second kappa shape index (κ2) is 8.49. The lowest BCUT2D eigenvalue weighted by atomic mass is 10.1. The summed E-state index contributed by atoms with van der Waals surface area (Å²) in [5.41, 5.74) is 1.72. The summed E-state index contributed by atoms with van der Waals surface area (Å²) >= 11 is 11.3. The first-order valence-electron chi connectivity index (χ1n) is 9.42. The zero-order chi connectivity index (χ0) is 20.4. The molecule has 0 bridgehead atoms. The topological polar surface area (TPSA) is 76.1 Å². The fourth-order valence-corrected chi connectivity index (χ4v) is 3.81. The van der Waals surface area contributed by atoms with Gasteiger partial charge in [0, 0.05) is 23.7 Å².